The van der Waals surface area contributed by atoms with E-state index < -0.39 is 19.0 Å². The minimum absolute atomic E-state index is 0.316. The maximum atomic E-state index is 5.92. The molecule has 0 fully saturated rings. The van der Waals surface area contributed by atoms with Crippen LogP contribution in [0, 0.1) is 0 Å². The number of hydrogen-bond acceptors (Lipinski definition) is 8. The van der Waals surface area contributed by atoms with Gasteiger partial charge in [-0.05, 0) is 47.3 Å². The molecule has 0 saturated heterocycles. The van der Waals surface area contributed by atoms with E-state index in [2.05, 4.69) is 13.1 Å². The van der Waals surface area contributed by atoms with Crippen molar-refractivity contribution in [2.75, 3.05) is 37.9 Å². The van der Waals surface area contributed by atoms with Crippen LogP contribution in [0.5, 0.6) is 0 Å². The molecule has 0 aromatic heterocycles. The molecule has 0 atom stereocenters. The lowest BCUT2D eigenvalue weighted by Gasteiger charge is -2.32. The van der Waals surface area contributed by atoms with Crippen LogP contribution in [-0.2, 0) is 18.9 Å². The topological polar surface area (TPSA) is 36.9 Å². The predicted molar refractivity (Wildman–Crippen MR) is 121 cm³/mol. The van der Waals surface area contributed by atoms with Crippen LogP contribution >= 0.6 is 41.2 Å². The zero-order valence-corrected chi connectivity index (χ0v) is 22.0. The van der Waals surface area contributed by atoms with Crippen molar-refractivity contribution < 1.29 is 18.9 Å². The molecular formula is C14H34O4S4Si2. The van der Waals surface area contributed by atoms with Crippen LogP contribution in [-0.4, -0.2) is 67.8 Å². The van der Waals surface area contributed by atoms with Crippen LogP contribution in [0.25, 0.3) is 0 Å². The minimum atomic E-state index is -0.409. The summed E-state index contributed by atoms with van der Waals surface area (Å²) in [7, 11) is 6.42. The highest BCUT2D eigenvalue weighted by Gasteiger charge is 2.31. The van der Waals surface area contributed by atoms with E-state index in [0.717, 1.165) is 11.5 Å². The standard InChI is InChI=1S/C14H34O4S4Si2/c1-7-15-13(23-5,16-8-2)11-19-21-22-20-12-14(24-6,17-9-3)18-10-4/h7-12,23-24H2,1-6H3. The Balaban J connectivity index is 4.18. The molecule has 0 aromatic rings. The van der Waals surface area contributed by atoms with Gasteiger partial charge in [-0.1, -0.05) is 34.7 Å². The van der Waals surface area contributed by atoms with Crippen molar-refractivity contribution >= 4 is 60.3 Å². The molecule has 4 nitrogen and oxygen atoms in total. The first-order valence-corrected chi connectivity index (χ1v) is 18.1. The van der Waals surface area contributed by atoms with E-state index in [0.29, 0.717) is 26.4 Å². The number of rotatable bonds is 17. The molecule has 24 heavy (non-hydrogen) atoms. The van der Waals surface area contributed by atoms with E-state index in [1.165, 1.54) is 0 Å². The minimum Gasteiger partial charge on any atom is -0.354 e. The molecule has 146 valence electrons. The summed E-state index contributed by atoms with van der Waals surface area (Å²) in [5.41, 5.74) is -0.633. The second kappa shape index (κ2) is 15.7. The summed E-state index contributed by atoms with van der Waals surface area (Å²) in [5, 5.41) is 0. The second-order valence-electron chi connectivity index (χ2n) is 4.92. The first-order chi connectivity index (χ1) is 11.6. The quantitative estimate of drug-likeness (QED) is 0.144. The molecule has 0 bridgehead atoms. The molecule has 0 rings (SSSR count). The van der Waals surface area contributed by atoms with Gasteiger partial charge in [0.05, 0.1) is 30.5 Å². The highest BCUT2D eigenvalue weighted by molar-refractivity contribution is 9.26. The first kappa shape index (κ1) is 25.7. The molecule has 0 radical (unpaired) electrons. The SMILES string of the molecule is CCOC(CSSSSCC(OCC)(OCC)[SiH2]C)(OCC)[SiH2]C. The lowest BCUT2D eigenvalue weighted by Crippen LogP contribution is -2.44. The molecule has 0 heterocycles. The normalized spacial score (nSPS) is 13.8. The van der Waals surface area contributed by atoms with Crippen LogP contribution < -0.4 is 0 Å². The van der Waals surface area contributed by atoms with E-state index in [9.17, 15) is 0 Å². The van der Waals surface area contributed by atoms with Gasteiger partial charge in [0.1, 0.15) is 0 Å². The average Bonchev–Trinajstić information content (AvgIpc) is 2.58. The summed E-state index contributed by atoms with van der Waals surface area (Å²) in [6.45, 7) is 15.5. The van der Waals surface area contributed by atoms with Gasteiger partial charge in [-0.3, -0.25) is 0 Å². The van der Waals surface area contributed by atoms with Crippen molar-refractivity contribution in [3.05, 3.63) is 0 Å². The van der Waals surface area contributed by atoms with E-state index in [1.54, 1.807) is 19.7 Å². The molecule has 0 N–H and O–H groups in total. The third kappa shape index (κ3) is 10.1. The Kier molecular flexibility index (Phi) is 16.8. The average molecular weight is 451 g/mol. The highest BCUT2D eigenvalue weighted by Crippen LogP contribution is 2.45. The van der Waals surface area contributed by atoms with Crippen LogP contribution in [0.4, 0.5) is 0 Å². The Morgan fingerprint density at radius 2 is 0.917 bits per heavy atom. The van der Waals surface area contributed by atoms with Gasteiger partial charge in [0.2, 0.25) is 0 Å². The summed E-state index contributed by atoms with van der Waals surface area (Å²) >= 11 is 0. The van der Waals surface area contributed by atoms with E-state index in [4.69, 9.17) is 18.9 Å². The molecule has 0 aromatic carbocycles. The third-order valence-electron chi connectivity index (χ3n) is 3.39. The molecular weight excluding hydrogens is 417 g/mol. The number of ether oxygens (including phenoxy) is 4. The lowest BCUT2D eigenvalue weighted by atomic mass is 10.7. The maximum Gasteiger partial charge on any atom is 0.154 e. The largest absolute Gasteiger partial charge is 0.354 e. The smallest absolute Gasteiger partial charge is 0.154 e. The van der Waals surface area contributed by atoms with Gasteiger partial charge in [-0.25, -0.2) is 0 Å². The fraction of sp³-hybridized carbons (Fsp3) is 1.00. The zero-order chi connectivity index (χ0) is 18.3. The summed E-state index contributed by atoms with van der Waals surface area (Å²) in [4.78, 5) is 0. The Morgan fingerprint density at radius 3 is 1.12 bits per heavy atom. The van der Waals surface area contributed by atoms with Crippen LogP contribution in [0.3, 0.4) is 0 Å². The second-order valence-corrected chi connectivity index (χ2v) is 14.5. The van der Waals surface area contributed by atoms with Crippen LogP contribution in [0.1, 0.15) is 27.7 Å². The summed E-state index contributed by atoms with van der Waals surface area (Å²) in [5.74, 6) is 1.78. The van der Waals surface area contributed by atoms with E-state index >= 15 is 0 Å². The molecule has 0 unspecified atom stereocenters. The Labute approximate surface area is 168 Å². The Bertz CT molecular complexity index is 264. The van der Waals surface area contributed by atoms with Crippen molar-refractivity contribution in [1.82, 2.24) is 0 Å². The van der Waals surface area contributed by atoms with Crippen LogP contribution in [0.2, 0.25) is 13.1 Å². The fourth-order valence-electron chi connectivity index (χ4n) is 2.18. The van der Waals surface area contributed by atoms with Gasteiger partial charge in [0, 0.05) is 26.4 Å². The van der Waals surface area contributed by atoms with Crippen LogP contribution in [0.15, 0.2) is 0 Å². The molecule has 0 saturated carbocycles. The van der Waals surface area contributed by atoms with Crippen molar-refractivity contribution in [2.45, 2.75) is 51.6 Å². The predicted octanol–water partition coefficient (Wildman–Crippen LogP) is 3.55. The Morgan fingerprint density at radius 1 is 0.625 bits per heavy atom. The zero-order valence-electron chi connectivity index (χ0n) is 15.9. The van der Waals surface area contributed by atoms with E-state index in [-0.39, 0.29) is 10.8 Å². The van der Waals surface area contributed by atoms with Crippen molar-refractivity contribution in [3.63, 3.8) is 0 Å². The van der Waals surface area contributed by atoms with Gasteiger partial charge < -0.3 is 18.9 Å². The molecule has 0 aliphatic rings. The molecule has 0 aliphatic heterocycles. The van der Waals surface area contributed by atoms with Crippen molar-refractivity contribution in [1.29, 1.82) is 0 Å². The third-order valence-corrected chi connectivity index (χ3v) is 14.1. The van der Waals surface area contributed by atoms with Crippen molar-refractivity contribution in [3.8, 4) is 0 Å². The van der Waals surface area contributed by atoms with E-state index in [1.807, 2.05) is 49.3 Å². The summed E-state index contributed by atoms with van der Waals surface area (Å²) in [6, 6.07) is 0. The highest BCUT2D eigenvalue weighted by atomic mass is 33.7. The Hall–Kier alpha value is 1.67. The monoisotopic (exact) mass is 450 g/mol. The maximum absolute atomic E-state index is 5.92. The van der Waals surface area contributed by atoms with Gasteiger partial charge in [-0.15, -0.1) is 0 Å². The number of hydrogen-bond donors (Lipinski definition) is 0. The summed E-state index contributed by atoms with van der Waals surface area (Å²) in [6.07, 6.45) is 0. The van der Waals surface area contributed by atoms with Gasteiger partial charge in [0.15, 0.2) is 10.8 Å². The van der Waals surface area contributed by atoms with Crippen molar-refractivity contribution in [2.24, 2.45) is 0 Å². The first-order valence-electron chi connectivity index (χ1n) is 8.71. The molecule has 0 amide bonds. The molecule has 10 heteroatoms. The summed E-state index contributed by atoms with van der Waals surface area (Å²) < 4.78 is 23.7. The van der Waals surface area contributed by atoms with Gasteiger partial charge in [-0.2, -0.15) is 0 Å². The van der Waals surface area contributed by atoms with Gasteiger partial charge in [0.25, 0.3) is 0 Å². The fourth-order valence-corrected chi connectivity index (χ4v) is 13.1. The molecule has 0 aliphatic carbocycles. The molecule has 0 spiro atoms. The van der Waals surface area contributed by atoms with Gasteiger partial charge >= 0.3 is 0 Å². The lowest BCUT2D eigenvalue weighted by molar-refractivity contribution is -0.159.